The molecule has 1 N–H and O–H groups in total. The Labute approximate surface area is 83.2 Å². The summed E-state index contributed by atoms with van der Waals surface area (Å²) in [6, 6.07) is 2.00. The highest BCUT2D eigenvalue weighted by atomic mass is 14.9. The fourth-order valence-corrected chi connectivity index (χ4v) is 1.49. The molecule has 0 aliphatic carbocycles. The molecule has 0 aliphatic heterocycles. The summed E-state index contributed by atoms with van der Waals surface area (Å²) in [6.07, 6.45) is 6.51. The van der Waals surface area contributed by atoms with Crippen molar-refractivity contribution in [2.45, 2.75) is 20.3 Å². The molecule has 0 atom stereocenters. The highest BCUT2D eigenvalue weighted by Crippen LogP contribution is 2.19. The van der Waals surface area contributed by atoms with Gasteiger partial charge in [-0.1, -0.05) is 6.92 Å². The molecule has 72 valence electrons. The van der Waals surface area contributed by atoms with Gasteiger partial charge < -0.3 is 4.98 Å². The largest absolute Gasteiger partial charge is 0.342 e. The summed E-state index contributed by atoms with van der Waals surface area (Å²) in [7, 11) is 0. The lowest BCUT2D eigenvalue weighted by molar-refractivity contribution is 1.09. The summed E-state index contributed by atoms with van der Waals surface area (Å²) < 4.78 is 0. The lowest BCUT2D eigenvalue weighted by atomic mass is 10.1. The average Bonchev–Trinajstić information content (AvgIpc) is 2.65. The molecule has 0 radical (unpaired) electrons. The van der Waals surface area contributed by atoms with Crippen LogP contribution in [0.1, 0.15) is 18.2 Å². The molecule has 0 aromatic carbocycles. The van der Waals surface area contributed by atoms with Gasteiger partial charge in [0.15, 0.2) is 0 Å². The molecule has 2 aromatic heterocycles. The van der Waals surface area contributed by atoms with Crippen LogP contribution in [0.15, 0.2) is 24.7 Å². The third kappa shape index (κ3) is 1.53. The van der Waals surface area contributed by atoms with Crippen molar-refractivity contribution in [1.29, 1.82) is 0 Å². The van der Waals surface area contributed by atoms with Gasteiger partial charge in [0.05, 0.1) is 0 Å². The van der Waals surface area contributed by atoms with E-state index in [2.05, 4.69) is 21.9 Å². The number of imidazole rings is 1. The molecular weight excluding hydrogens is 174 g/mol. The molecule has 0 aliphatic rings. The summed E-state index contributed by atoms with van der Waals surface area (Å²) in [4.78, 5) is 11.6. The number of pyridine rings is 1. The molecule has 0 fully saturated rings. The van der Waals surface area contributed by atoms with Crippen LogP contribution in [0.3, 0.4) is 0 Å². The third-order valence-electron chi connectivity index (χ3n) is 2.24. The first-order valence-electron chi connectivity index (χ1n) is 4.76. The Morgan fingerprint density at radius 3 is 2.86 bits per heavy atom. The number of aromatic nitrogens is 3. The van der Waals surface area contributed by atoms with E-state index < -0.39 is 0 Å². The summed E-state index contributed by atoms with van der Waals surface area (Å²) in [5.41, 5.74) is 3.45. The summed E-state index contributed by atoms with van der Waals surface area (Å²) in [5.74, 6) is 0.932. The molecule has 2 aromatic rings. The van der Waals surface area contributed by atoms with Crippen molar-refractivity contribution in [1.82, 2.24) is 15.0 Å². The van der Waals surface area contributed by atoms with Crippen LogP contribution >= 0.6 is 0 Å². The van der Waals surface area contributed by atoms with Gasteiger partial charge >= 0.3 is 0 Å². The minimum absolute atomic E-state index is 0.932. The normalized spacial score (nSPS) is 10.4. The maximum Gasteiger partial charge on any atom is 0.137 e. The SMILES string of the molecule is CCc1cnccc1-c1ncc(C)[nH]1. The van der Waals surface area contributed by atoms with Crippen molar-refractivity contribution in [3.05, 3.63) is 35.9 Å². The summed E-state index contributed by atoms with van der Waals surface area (Å²) in [6.45, 7) is 4.12. The van der Waals surface area contributed by atoms with Crippen LogP contribution in [0.4, 0.5) is 0 Å². The Morgan fingerprint density at radius 1 is 1.36 bits per heavy atom. The molecule has 0 saturated heterocycles. The number of nitrogens with zero attached hydrogens (tertiary/aromatic N) is 2. The zero-order valence-corrected chi connectivity index (χ0v) is 8.41. The molecule has 2 heterocycles. The van der Waals surface area contributed by atoms with Gasteiger partial charge in [0, 0.05) is 29.8 Å². The van der Waals surface area contributed by atoms with Crippen LogP contribution in [0.25, 0.3) is 11.4 Å². The van der Waals surface area contributed by atoms with Crippen molar-refractivity contribution >= 4 is 0 Å². The van der Waals surface area contributed by atoms with Gasteiger partial charge in [-0.05, 0) is 25.0 Å². The Balaban J connectivity index is 2.50. The number of hydrogen-bond donors (Lipinski definition) is 1. The van der Waals surface area contributed by atoms with Gasteiger partial charge in [0.2, 0.25) is 0 Å². The molecule has 0 bridgehead atoms. The lowest BCUT2D eigenvalue weighted by Crippen LogP contribution is -1.90. The highest BCUT2D eigenvalue weighted by molar-refractivity contribution is 5.59. The monoisotopic (exact) mass is 187 g/mol. The second-order valence-electron chi connectivity index (χ2n) is 3.30. The first kappa shape index (κ1) is 8.94. The van der Waals surface area contributed by atoms with Crippen LogP contribution < -0.4 is 0 Å². The maximum absolute atomic E-state index is 4.31. The molecule has 3 nitrogen and oxygen atoms in total. The van der Waals surface area contributed by atoms with Gasteiger partial charge in [-0.2, -0.15) is 0 Å². The van der Waals surface area contributed by atoms with E-state index in [1.54, 1.807) is 6.20 Å². The zero-order chi connectivity index (χ0) is 9.97. The maximum atomic E-state index is 4.31. The minimum atomic E-state index is 0.932. The minimum Gasteiger partial charge on any atom is -0.342 e. The van der Waals surface area contributed by atoms with Crippen molar-refractivity contribution in [3.63, 3.8) is 0 Å². The van der Waals surface area contributed by atoms with Crippen molar-refractivity contribution in [2.75, 3.05) is 0 Å². The topological polar surface area (TPSA) is 41.6 Å². The number of hydrogen-bond acceptors (Lipinski definition) is 2. The second-order valence-corrected chi connectivity index (χ2v) is 3.30. The van der Waals surface area contributed by atoms with E-state index in [0.717, 1.165) is 23.5 Å². The molecule has 2 rings (SSSR count). The van der Waals surface area contributed by atoms with Gasteiger partial charge in [-0.15, -0.1) is 0 Å². The molecule has 14 heavy (non-hydrogen) atoms. The third-order valence-corrected chi connectivity index (χ3v) is 2.24. The quantitative estimate of drug-likeness (QED) is 0.784. The van der Waals surface area contributed by atoms with E-state index in [9.17, 15) is 0 Å². The van der Waals surface area contributed by atoms with E-state index in [1.165, 1.54) is 5.56 Å². The predicted molar refractivity (Wildman–Crippen MR) is 55.9 cm³/mol. The summed E-state index contributed by atoms with van der Waals surface area (Å²) in [5, 5.41) is 0. The van der Waals surface area contributed by atoms with Crippen LogP contribution in [-0.2, 0) is 6.42 Å². The molecule has 3 heteroatoms. The van der Waals surface area contributed by atoms with Gasteiger partial charge in [-0.25, -0.2) is 4.98 Å². The molecule has 0 amide bonds. The van der Waals surface area contributed by atoms with Crippen molar-refractivity contribution in [2.24, 2.45) is 0 Å². The predicted octanol–water partition coefficient (Wildman–Crippen LogP) is 2.34. The van der Waals surface area contributed by atoms with Crippen LogP contribution in [0.5, 0.6) is 0 Å². The molecule has 0 spiro atoms. The van der Waals surface area contributed by atoms with E-state index >= 15 is 0 Å². The number of aryl methyl sites for hydroxylation is 2. The average molecular weight is 187 g/mol. The highest BCUT2D eigenvalue weighted by Gasteiger charge is 2.05. The van der Waals surface area contributed by atoms with E-state index in [0.29, 0.717) is 0 Å². The lowest BCUT2D eigenvalue weighted by Gasteiger charge is -2.02. The van der Waals surface area contributed by atoms with Gasteiger partial charge in [0.1, 0.15) is 5.82 Å². The second kappa shape index (κ2) is 3.62. The number of aromatic amines is 1. The van der Waals surface area contributed by atoms with Crippen LogP contribution in [-0.4, -0.2) is 15.0 Å². The molecule has 0 saturated carbocycles. The molecule has 0 unspecified atom stereocenters. The number of nitrogens with one attached hydrogen (secondary N) is 1. The Kier molecular flexibility index (Phi) is 2.31. The van der Waals surface area contributed by atoms with E-state index in [4.69, 9.17) is 0 Å². The Bertz CT molecular complexity index is 432. The zero-order valence-electron chi connectivity index (χ0n) is 8.41. The van der Waals surface area contributed by atoms with Crippen molar-refractivity contribution in [3.8, 4) is 11.4 Å². The number of rotatable bonds is 2. The van der Waals surface area contributed by atoms with E-state index in [-0.39, 0.29) is 0 Å². The number of H-pyrrole nitrogens is 1. The Hall–Kier alpha value is -1.64. The van der Waals surface area contributed by atoms with Crippen LogP contribution in [0.2, 0.25) is 0 Å². The van der Waals surface area contributed by atoms with E-state index in [1.807, 2.05) is 25.4 Å². The first-order valence-corrected chi connectivity index (χ1v) is 4.76. The van der Waals surface area contributed by atoms with Gasteiger partial charge in [0.25, 0.3) is 0 Å². The standard InChI is InChI=1S/C11H13N3/c1-3-9-7-12-5-4-10(9)11-13-6-8(2)14-11/h4-7H,3H2,1-2H3,(H,13,14). The smallest absolute Gasteiger partial charge is 0.137 e. The van der Waals surface area contributed by atoms with Gasteiger partial charge in [-0.3, -0.25) is 4.98 Å². The fraction of sp³-hybridized carbons (Fsp3) is 0.273. The van der Waals surface area contributed by atoms with Crippen LogP contribution in [0, 0.1) is 6.92 Å². The fourth-order valence-electron chi connectivity index (χ4n) is 1.49. The summed E-state index contributed by atoms with van der Waals surface area (Å²) >= 11 is 0. The van der Waals surface area contributed by atoms with Crippen molar-refractivity contribution < 1.29 is 0 Å². The first-order chi connectivity index (χ1) is 6.81. The Morgan fingerprint density at radius 2 is 2.21 bits per heavy atom. The molecular formula is C11H13N3.